The smallest absolute Gasteiger partial charge is 0.300 e. The van der Waals surface area contributed by atoms with Gasteiger partial charge in [0.15, 0.2) is 4.31 Å². The van der Waals surface area contributed by atoms with Crippen LogP contribution in [0.3, 0.4) is 0 Å². The van der Waals surface area contributed by atoms with Crippen LogP contribution in [0.1, 0.15) is 0 Å². The first-order valence-corrected chi connectivity index (χ1v) is 5.99. The molecule has 11 heteroatoms. The Morgan fingerprint density at radius 2 is 1.92 bits per heavy atom. The standard InChI is InChI=1S/CH3O8P3/c1-7-12(5,6)9-11(4)8-10(2)3/h1H3/p+2. The largest absolute Gasteiger partial charge is 0.758 e. The van der Waals surface area contributed by atoms with Gasteiger partial charge in [0.2, 0.25) is 0 Å². The highest BCUT2D eigenvalue weighted by molar-refractivity contribution is 7.58. The molecule has 12 heavy (non-hydrogen) atoms. The Morgan fingerprint density at radius 3 is 2.25 bits per heavy atom. The summed E-state index contributed by atoms with van der Waals surface area (Å²) in [6.45, 7) is 0. The lowest BCUT2D eigenvalue weighted by molar-refractivity contribution is 0.237. The van der Waals surface area contributed by atoms with Crippen LogP contribution >= 0.6 is 24.3 Å². The summed E-state index contributed by atoms with van der Waals surface area (Å²) < 4.78 is 41.9. The van der Waals surface area contributed by atoms with Crippen LogP contribution in [0.25, 0.3) is 0 Å². The molecule has 0 rings (SSSR count). The van der Waals surface area contributed by atoms with Gasteiger partial charge in [-0.05, 0) is 4.31 Å². The Hall–Kier alpha value is 0.230. The third-order valence-electron chi connectivity index (χ3n) is 0.537. The van der Waals surface area contributed by atoms with Gasteiger partial charge in [-0.15, -0.1) is 4.89 Å². The van der Waals surface area contributed by atoms with Crippen LogP contribution in [-0.2, 0) is 26.8 Å². The molecule has 0 aliphatic heterocycles. The minimum Gasteiger partial charge on any atom is -0.300 e. The van der Waals surface area contributed by atoms with Crippen molar-refractivity contribution in [1.82, 2.24) is 0 Å². The summed E-state index contributed by atoms with van der Waals surface area (Å²) in [6.07, 6.45) is 0. The number of rotatable bonds is 5. The highest BCUT2D eigenvalue weighted by Gasteiger charge is 2.44. The maximum atomic E-state index is 10.4. The van der Waals surface area contributed by atoms with E-state index in [0.717, 1.165) is 7.11 Å². The number of hydrogen-bond donors (Lipinski definition) is 2. The van der Waals surface area contributed by atoms with E-state index >= 15 is 0 Å². The van der Waals surface area contributed by atoms with Gasteiger partial charge < -0.3 is 0 Å². The molecule has 0 saturated carbocycles. The summed E-state index contributed by atoms with van der Waals surface area (Å²) in [7, 11) is -9.88. The summed E-state index contributed by atoms with van der Waals surface area (Å²) in [5.74, 6) is 0. The van der Waals surface area contributed by atoms with Crippen LogP contribution in [0.2, 0.25) is 0 Å². The molecule has 0 bridgehead atoms. The molecule has 70 valence electrons. The Morgan fingerprint density at radius 1 is 1.42 bits per heavy atom. The molecule has 0 aromatic rings. The lowest BCUT2D eigenvalue weighted by Gasteiger charge is -1.95. The molecule has 0 saturated heterocycles. The highest BCUT2D eigenvalue weighted by Crippen LogP contribution is 2.53. The van der Waals surface area contributed by atoms with E-state index in [9.17, 15) is 13.7 Å². The summed E-state index contributed by atoms with van der Waals surface area (Å²) in [4.78, 5) is 16.5. The summed E-state index contributed by atoms with van der Waals surface area (Å²) in [5, 5.41) is 0. The molecule has 3 atom stereocenters. The fourth-order valence-electron chi connectivity index (χ4n) is 0.190. The second-order valence-corrected chi connectivity index (χ2v) is 4.81. The predicted octanol–water partition coefficient (Wildman–Crippen LogP) is 1.07. The van der Waals surface area contributed by atoms with Crippen LogP contribution in [0, 0.1) is 0 Å². The zero-order chi connectivity index (χ0) is 9.78. The maximum Gasteiger partial charge on any atom is 0.758 e. The van der Waals surface area contributed by atoms with E-state index < -0.39 is 24.3 Å². The molecule has 0 aromatic heterocycles. The zero-order valence-electron chi connectivity index (χ0n) is 5.69. The Bertz CT molecular complexity index is 232. The first kappa shape index (κ1) is 12.2. The number of phosphoric ester groups is 1. The average Bonchev–Trinajstić information content (AvgIpc) is 1.84. The first-order chi connectivity index (χ1) is 5.37. The van der Waals surface area contributed by atoms with Crippen LogP contribution in [0.5, 0.6) is 0 Å². The summed E-state index contributed by atoms with van der Waals surface area (Å²) in [5.41, 5.74) is 0. The molecular formula is CH5O8P3+2. The van der Waals surface area contributed by atoms with Crippen molar-refractivity contribution < 1.29 is 36.6 Å². The van der Waals surface area contributed by atoms with E-state index in [0.29, 0.717) is 0 Å². The minimum absolute atomic E-state index is 0.836. The lowest BCUT2D eigenvalue weighted by atomic mass is 11.8. The van der Waals surface area contributed by atoms with Gasteiger partial charge in [-0.1, -0.05) is 0 Å². The van der Waals surface area contributed by atoms with Crippen LogP contribution < -0.4 is 0 Å². The molecule has 8 nitrogen and oxygen atoms in total. The van der Waals surface area contributed by atoms with Crippen molar-refractivity contribution in [2.75, 3.05) is 7.11 Å². The topological polar surface area (TPSA) is 119 Å². The SMILES string of the molecule is COP(=O)(O)O[P+](=O)O[P+](=O)O. The van der Waals surface area contributed by atoms with Gasteiger partial charge in [0, 0.05) is 16.2 Å². The van der Waals surface area contributed by atoms with Crippen LogP contribution in [-0.4, -0.2) is 16.9 Å². The Balaban J connectivity index is 4.01. The van der Waals surface area contributed by atoms with Crippen LogP contribution in [0.4, 0.5) is 0 Å². The summed E-state index contributed by atoms with van der Waals surface area (Å²) in [6, 6.07) is 0. The van der Waals surface area contributed by atoms with E-state index in [1.54, 1.807) is 0 Å². The minimum atomic E-state index is -4.43. The summed E-state index contributed by atoms with van der Waals surface area (Å²) >= 11 is 0. The van der Waals surface area contributed by atoms with E-state index in [1.165, 1.54) is 0 Å². The van der Waals surface area contributed by atoms with Crippen molar-refractivity contribution in [3.05, 3.63) is 0 Å². The molecular weight excluding hydrogens is 233 g/mol. The van der Waals surface area contributed by atoms with Crippen LogP contribution in [0.15, 0.2) is 0 Å². The fraction of sp³-hybridized carbons (Fsp3) is 1.00. The van der Waals surface area contributed by atoms with Crippen molar-refractivity contribution in [3.63, 3.8) is 0 Å². The van der Waals surface area contributed by atoms with Gasteiger partial charge >= 0.3 is 24.3 Å². The van der Waals surface area contributed by atoms with E-state index in [2.05, 4.69) is 13.1 Å². The normalized spacial score (nSPS) is 18.2. The molecule has 0 radical (unpaired) electrons. The van der Waals surface area contributed by atoms with Gasteiger partial charge in [0.05, 0.1) is 0 Å². The van der Waals surface area contributed by atoms with Crippen molar-refractivity contribution in [2.45, 2.75) is 0 Å². The predicted molar refractivity (Wildman–Crippen MR) is 36.4 cm³/mol. The quantitative estimate of drug-likeness (QED) is 0.682. The van der Waals surface area contributed by atoms with Gasteiger partial charge in [-0.3, -0.25) is 9.42 Å². The molecule has 0 fully saturated rings. The number of hydrogen-bond acceptors (Lipinski definition) is 6. The van der Waals surface area contributed by atoms with Crippen molar-refractivity contribution in [1.29, 1.82) is 0 Å². The highest BCUT2D eigenvalue weighted by atomic mass is 31.3. The van der Waals surface area contributed by atoms with Crippen molar-refractivity contribution in [2.24, 2.45) is 0 Å². The second kappa shape index (κ2) is 5.07. The van der Waals surface area contributed by atoms with E-state index in [4.69, 9.17) is 9.79 Å². The second-order valence-electron chi connectivity index (χ2n) is 1.28. The average molecular weight is 238 g/mol. The molecule has 0 heterocycles. The van der Waals surface area contributed by atoms with Crippen molar-refractivity contribution >= 4 is 24.3 Å². The monoisotopic (exact) mass is 238 g/mol. The Kier molecular flexibility index (Phi) is 5.16. The first-order valence-electron chi connectivity index (χ1n) is 2.27. The van der Waals surface area contributed by atoms with Gasteiger partial charge in [0.1, 0.15) is 0 Å². The molecule has 2 N–H and O–H groups in total. The van der Waals surface area contributed by atoms with Crippen molar-refractivity contribution in [3.8, 4) is 0 Å². The maximum absolute atomic E-state index is 10.4. The fourth-order valence-corrected chi connectivity index (χ4v) is 1.97. The third kappa shape index (κ3) is 5.83. The Labute approximate surface area is 69.0 Å². The zero-order valence-corrected chi connectivity index (χ0v) is 8.37. The third-order valence-corrected chi connectivity index (χ3v) is 3.45. The molecule has 0 aromatic carbocycles. The van der Waals surface area contributed by atoms with E-state index in [1.807, 2.05) is 0 Å². The molecule has 0 spiro atoms. The van der Waals surface area contributed by atoms with Gasteiger partial charge in [-0.25, -0.2) is 4.57 Å². The van der Waals surface area contributed by atoms with E-state index in [-0.39, 0.29) is 0 Å². The molecule has 0 amide bonds. The lowest BCUT2D eigenvalue weighted by Crippen LogP contribution is -1.83. The number of phosphoric acid groups is 1. The molecule has 0 aliphatic carbocycles. The molecule has 0 aliphatic rings. The molecule has 3 unspecified atom stereocenters. The van der Waals surface area contributed by atoms with Gasteiger partial charge in [-0.2, -0.15) is 0 Å². The van der Waals surface area contributed by atoms with Gasteiger partial charge in [0.25, 0.3) is 0 Å².